The lowest BCUT2D eigenvalue weighted by Gasteiger charge is -2.27. The highest BCUT2D eigenvalue weighted by Gasteiger charge is 2.29. The number of nitrogens with zero attached hydrogens (tertiary/aromatic N) is 2. The number of nitrogens with one attached hydrogen (secondary N) is 1. The summed E-state index contributed by atoms with van der Waals surface area (Å²) in [6.07, 6.45) is 2.63. The number of hydrogen-bond acceptors (Lipinski definition) is 5. The lowest BCUT2D eigenvalue weighted by Crippen LogP contribution is -2.41. The number of anilines is 1. The molecule has 2 heterocycles. The molecule has 2 saturated heterocycles. The lowest BCUT2D eigenvalue weighted by atomic mass is 10.0. The van der Waals surface area contributed by atoms with E-state index in [4.69, 9.17) is 4.74 Å². The monoisotopic (exact) mass is 475 g/mol. The van der Waals surface area contributed by atoms with Gasteiger partial charge in [-0.05, 0) is 68.1 Å². The van der Waals surface area contributed by atoms with Crippen molar-refractivity contribution in [2.45, 2.75) is 37.1 Å². The molecule has 0 aliphatic carbocycles. The topological polar surface area (TPSA) is 79.0 Å². The van der Waals surface area contributed by atoms with Crippen molar-refractivity contribution >= 4 is 21.6 Å². The number of likely N-dealkylation sites (tertiary alicyclic amines) is 1. The molecule has 2 fully saturated rings. The summed E-state index contributed by atoms with van der Waals surface area (Å²) in [6, 6.07) is 11.7. The molecule has 1 N–H and O–H groups in total. The van der Waals surface area contributed by atoms with Crippen LogP contribution in [0.5, 0.6) is 0 Å². The third-order valence-corrected chi connectivity index (χ3v) is 8.31. The van der Waals surface area contributed by atoms with E-state index in [1.807, 2.05) is 6.07 Å². The van der Waals surface area contributed by atoms with E-state index in [1.54, 1.807) is 31.2 Å². The second kappa shape index (κ2) is 10.3. The van der Waals surface area contributed by atoms with Gasteiger partial charge in [0.1, 0.15) is 5.82 Å². The van der Waals surface area contributed by atoms with Gasteiger partial charge in [-0.2, -0.15) is 4.31 Å². The second-order valence-corrected chi connectivity index (χ2v) is 10.6. The summed E-state index contributed by atoms with van der Waals surface area (Å²) >= 11 is 0. The molecule has 2 aliphatic rings. The molecule has 7 nitrogen and oxygen atoms in total. The van der Waals surface area contributed by atoms with E-state index >= 15 is 0 Å². The number of aryl methyl sites for hydroxylation is 1. The van der Waals surface area contributed by atoms with Gasteiger partial charge in [-0.15, -0.1) is 0 Å². The first kappa shape index (κ1) is 23.8. The molecular weight excluding hydrogens is 445 g/mol. The molecule has 0 bridgehead atoms. The summed E-state index contributed by atoms with van der Waals surface area (Å²) in [7, 11) is -3.66. The molecule has 33 heavy (non-hydrogen) atoms. The molecule has 178 valence electrons. The van der Waals surface area contributed by atoms with Crippen LogP contribution in [0.2, 0.25) is 0 Å². The number of ether oxygens (including phenoxy) is 1. The van der Waals surface area contributed by atoms with Crippen molar-refractivity contribution in [1.82, 2.24) is 9.21 Å². The fourth-order valence-corrected chi connectivity index (χ4v) is 6.20. The third kappa shape index (κ3) is 5.78. The smallest absolute Gasteiger partial charge is 0.243 e. The van der Waals surface area contributed by atoms with Crippen LogP contribution in [0, 0.1) is 12.7 Å². The van der Waals surface area contributed by atoms with Crippen molar-refractivity contribution < 1.29 is 22.3 Å². The first-order valence-electron chi connectivity index (χ1n) is 11.3. The Balaban J connectivity index is 1.41. The van der Waals surface area contributed by atoms with Crippen LogP contribution in [0.3, 0.4) is 0 Å². The van der Waals surface area contributed by atoms with Crippen molar-refractivity contribution in [3.63, 3.8) is 0 Å². The zero-order valence-corrected chi connectivity index (χ0v) is 19.6. The van der Waals surface area contributed by atoms with Crippen LogP contribution in [0.4, 0.5) is 10.1 Å². The van der Waals surface area contributed by atoms with Gasteiger partial charge in [-0.1, -0.05) is 18.2 Å². The summed E-state index contributed by atoms with van der Waals surface area (Å²) in [5.41, 5.74) is 2.01. The molecule has 0 aromatic heterocycles. The number of carbonyl (C=O) groups is 1. The minimum Gasteiger partial charge on any atom is -0.379 e. The van der Waals surface area contributed by atoms with E-state index in [-0.39, 0.29) is 29.2 Å². The highest BCUT2D eigenvalue weighted by molar-refractivity contribution is 7.89. The molecule has 0 spiro atoms. The van der Waals surface area contributed by atoms with E-state index in [1.165, 1.54) is 16.4 Å². The van der Waals surface area contributed by atoms with Gasteiger partial charge < -0.3 is 10.1 Å². The van der Waals surface area contributed by atoms with Crippen molar-refractivity contribution in [2.24, 2.45) is 0 Å². The maximum Gasteiger partial charge on any atom is 0.243 e. The van der Waals surface area contributed by atoms with Gasteiger partial charge >= 0.3 is 0 Å². The molecule has 0 radical (unpaired) electrons. The Kier molecular flexibility index (Phi) is 7.43. The molecular formula is C24H30FN3O4S. The normalized spacial score (nSPS) is 20.1. The summed E-state index contributed by atoms with van der Waals surface area (Å²) in [5, 5.41) is 2.86. The van der Waals surface area contributed by atoms with Crippen LogP contribution in [-0.2, 0) is 26.0 Å². The Morgan fingerprint density at radius 3 is 2.70 bits per heavy atom. The summed E-state index contributed by atoms with van der Waals surface area (Å²) in [6.45, 7) is 4.15. The predicted octanol–water partition coefficient (Wildman–Crippen LogP) is 2.80. The number of benzene rings is 2. The average molecular weight is 476 g/mol. The summed E-state index contributed by atoms with van der Waals surface area (Å²) in [5.74, 6) is -0.447. The Morgan fingerprint density at radius 2 is 1.94 bits per heavy atom. The van der Waals surface area contributed by atoms with E-state index in [9.17, 15) is 17.6 Å². The van der Waals surface area contributed by atoms with Gasteiger partial charge in [0.2, 0.25) is 15.9 Å². The average Bonchev–Trinajstić information content (AvgIpc) is 3.21. The Bertz CT molecular complexity index is 1100. The fourth-order valence-electron chi connectivity index (χ4n) is 4.54. The van der Waals surface area contributed by atoms with Gasteiger partial charge in [-0.25, -0.2) is 12.8 Å². The molecule has 2 aromatic rings. The van der Waals surface area contributed by atoms with E-state index in [0.717, 1.165) is 24.9 Å². The minimum atomic E-state index is -3.66. The van der Waals surface area contributed by atoms with Gasteiger partial charge in [0.25, 0.3) is 0 Å². The molecule has 1 unspecified atom stereocenters. The van der Waals surface area contributed by atoms with Crippen LogP contribution < -0.4 is 5.32 Å². The van der Waals surface area contributed by atoms with Crippen LogP contribution in [-0.4, -0.2) is 69.0 Å². The molecule has 2 aromatic carbocycles. The lowest BCUT2D eigenvalue weighted by molar-refractivity contribution is -0.117. The number of hydrogen-bond donors (Lipinski definition) is 1. The predicted molar refractivity (Wildman–Crippen MR) is 124 cm³/mol. The van der Waals surface area contributed by atoms with Crippen LogP contribution >= 0.6 is 0 Å². The van der Waals surface area contributed by atoms with Crippen molar-refractivity contribution in [3.8, 4) is 0 Å². The van der Waals surface area contributed by atoms with Crippen molar-refractivity contribution in [2.75, 3.05) is 44.7 Å². The number of carbonyl (C=O) groups excluding carboxylic acids is 1. The Morgan fingerprint density at radius 1 is 1.15 bits per heavy atom. The zero-order valence-electron chi connectivity index (χ0n) is 18.8. The largest absolute Gasteiger partial charge is 0.379 e. The first-order chi connectivity index (χ1) is 15.8. The number of amides is 1. The standard InChI is InChI=1S/C24H30FN3O4S/c1-18-7-8-21(16-23(18)33(30,31)28-10-12-32-13-11-28)26-24(29)17-27-9-3-6-22(27)15-19-4-2-5-20(25)14-19/h2,4-5,7-8,14,16,22H,3,6,9-13,15,17H2,1H3,(H,26,29). The SMILES string of the molecule is Cc1ccc(NC(=O)CN2CCCC2Cc2cccc(F)c2)cc1S(=O)(=O)N1CCOCC1. The molecule has 1 amide bonds. The van der Waals surface area contributed by atoms with E-state index in [0.29, 0.717) is 44.0 Å². The highest BCUT2D eigenvalue weighted by Crippen LogP contribution is 2.25. The van der Waals surface area contributed by atoms with Crippen molar-refractivity contribution in [3.05, 3.63) is 59.4 Å². The van der Waals surface area contributed by atoms with Gasteiger partial charge in [0.15, 0.2) is 0 Å². The van der Waals surface area contributed by atoms with E-state index in [2.05, 4.69) is 10.2 Å². The molecule has 2 aliphatic heterocycles. The van der Waals surface area contributed by atoms with Crippen LogP contribution in [0.15, 0.2) is 47.4 Å². The number of sulfonamides is 1. The minimum absolute atomic E-state index is 0.174. The fraction of sp³-hybridized carbons (Fsp3) is 0.458. The third-order valence-electron chi connectivity index (χ3n) is 6.27. The molecule has 1 atom stereocenters. The van der Waals surface area contributed by atoms with Crippen LogP contribution in [0.1, 0.15) is 24.0 Å². The number of halogens is 1. The van der Waals surface area contributed by atoms with Crippen LogP contribution in [0.25, 0.3) is 0 Å². The number of morpholine rings is 1. The molecule has 4 rings (SSSR count). The highest BCUT2D eigenvalue weighted by atomic mass is 32.2. The maximum atomic E-state index is 13.5. The van der Waals surface area contributed by atoms with Gasteiger partial charge in [0, 0.05) is 24.8 Å². The Labute approximate surface area is 194 Å². The van der Waals surface area contributed by atoms with E-state index < -0.39 is 10.0 Å². The Hall–Kier alpha value is -2.33. The quantitative estimate of drug-likeness (QED) is 0.666. The van der Waals surface area contributed by atoms with Crippen molar-refractivity contribution in [1.29, 1.82) is 0 Å². The first-order valence-corrected chi connectivity index (χ1v) is 12.7. The molecule has 9 heteroatoms. The van der Waals surface area contributed by atoms with Gasteiger partial charge in [-0.3, -0.25) is 9.69 Å². The maximum absolute atomic E-state index is 13.5. The summed E-state index contributed by atoms with van der Waals surface area (Å²) < 4.78 is 46.4. The number of rotatable bonds is 7. The van der Waals surface area contributed by atoms with Gasteiger partial charge in [0.05, 0.1) is 24.7 Å². The zero-order chi connectivity index (χ0) is 23.4. The summed E-state index contributed by atoms with van der Waals surface area (Å²) in [4.78, 5) is 15.1. The molecule has 0 saturated carbocycles. The second-order valence-electron chi connectivity index (χ2n) is 8.65.